The van der Waals surface area contributed by atoms with Crippen LogP contribution in [-0.2, 0) is 6.54 Å². The highest BCUT2D eigenvalue weighted by atomic mass is 32.1. The third kappa shape index (κ3) is 4.41. The minimum atomic E-state index is 0.574. The van der Waals surface area contributed by atoms with Crippen molar-refractivity contribution in [2.45, 2.75) is 38.8 Å². The van der Waals surface area contributed by atoms with Crippen molar-refractivity contribution in [3.8, 4) is 16.7 Å². The Labute approximate surface area is 128 Å². The van der Waals surface area contributed by atoms with Gasteiger partial charge in [0.25, 0.3) is 5.19 Å². The van der Waals surface area contributed by atoms with E-state index in [1.54, 1.807) is 0 Å². The molecule has 1 heterocycles. The van der Waals surface area contributed by atoms with Gasteiger partial charge in [-0.3, -0.25) is 0 Å². The van der Waals surface area contributed by atoms with Gasteiger partial charge in [-0.25, -0.2) is 0 Å². The minimum Gasteiger partial charge on any atom is -0.494 e. The number of hydrogen-bond donors (Lipinski definition) is 1. The fourth-order valence-electron chi connectivity index (χ4n) is 1.79. The van der Waals surface area contributed by atoms with E-state index in [2.05, 4.69) is 22.4 Å². The molecule has 21 heavy (non-hydrogen) atoms. The molecule has 0 aliphatic heterocycles. The number of nitrogens with zero attached hydrogens (tertiary/aromatic N) is 2. The Kier molecular flexibility index (Phi) is 4.67. The molecule has 0 saturated heterocycles. The molecule has 0 spiro atoms. The summed E-state index contributed by atoms with van der Waals surface area (Å²) in [5.74, 6) is 1.60. The number of benzene rings is 1. The van der Waals surface area contributed by atoms with Crippen molar-refractivity contribution < 1.29 is 9.47 Å². The molecule has 1 fully saturated rings. The fourth-order valence-corrected chi connectivity index (χ4v) is 2.45. The number of ether oxygens (including phenoxy) is 2. The van der Waals surface area contributed by atoms with Gasteiger partial charge in [-0.2, -0.15) is 0 Å². The van der Waals surface area contributed by atoms with E-state index in [4.69, 9.17) is 9.47 Å². The molecular formula is C15H19N3O2S. The van der Waals surface area contributed by atoms with Crippen molar-refractivity contribution in [1.29, 1.82) is 0 Å². The lowest BCUT2D eigenvalue weighted by Crippen LogP contribution is -2.14. The highest BCUT2D eigenvalue weighted by Crippen LogP contribution is 2.27. The summed E-state index contributed by atoms with van der Waals surface area (Å²) in [5.41, 5.74) is 0. The van der Waals surface area contributed by atoms with Gasteiger partial charge in [-0.15, -0.1) is 5.10 Å². The molecule has 5 nitrogen and oxygen atoms in total. The lowest BCUT2D eigenvalue weighted by atomic mass is 10.3. The van der Waals surface area contributed by atoms with Gasteiger partial charge in [0, 0.05) is 6.04 Å². The quantitative estimate of drug-likeness (QED) is 0.810. The van der Waals surface area contributed by atoms with Gasteiger partial charge in [0.05, 0.1) is 13.2 Å². The minimum absolute atomic E-state index is 0.574. The lowest BCUT2D eigenvalue weighted by Gasteiger charge is -2.05. The number of aromatic nitrogens is 2. The maximum atomic E-state index is 5.70. The van der Waals surface area contributed by atoms with Gasteiger partial charge >= 0.3 is 0 Å². The third-order valence-corrected chi connectivity index (χ3v) is 3.87. The van der Waals surface area contributed by atoms with Gasteiger partial charge in [-0.05, 0) is 43.5 Å². The first-order chi connectivity index (χ1) is 10.3. The van der Waals surface area contributed by atoms with Gasteiger partial charge < -0.3 is 14.8 Å². The van der Waals surface area contributed by atoms with Crippen LogP contribution < -0.4 is 14.8 Å². The Morgan fingerprint density at radius 2 is 1.95 bits per heavy atom. The first-order valence-corrected chi connectivity index (χ1v) is 8.11. The molecule has 0 amide bonds. The summed E-state index contributed by atoms with van der Waals surface area (Å²) in [6.45, 7) is 3.59. The number of rotatable bonds is 8. The van der Waals surface area contributed by atoms with Crippen LogP contribution in [0.2, 0.25) is 0 Å². The second-order valence-corrected chi connectivity index (χ2v) is 6.06. The van der Waals surface area contributed by atoms with Crippen LogP contribution in [0.15, 0.2) is 24.3 Å². The van der Waals surface area contributed by atoms with E-state index in [-0.39, 0.29) is 0 Å². The standard InChI is InChI=1S/C15H19N3O2S/c1-2-9-19-12-5-7-13(8-6-12)20-15-18-17-14(21-15)10-16-11-3-4-11/h5-8,11,16H,2-4,9-10H2,1H3. The van der Waals surface area contributed by atoms with Crippen LogP contribution in [0.1, 0.15) is 31.2 Å². The lowest BCUT2D eigenvalue weighted by molar-refractivity contribution is 0.317. The maximum Gasteiger partial charge on any atom is 0.299 e. The van der Waals surface area contributed by atoms with Gasteiger partial charge in [0.1, 0.15) is 16.5 Å². The van der Waals surface area contributed by atoms with Crippen molar-refractivity contribution in [3.63, 3.8) is 0 Å². The summed E-state index contributed by atoms with van der Waals surface area (Å²) < 4.78 is 11.2. The average Bonchev–Trinajstić information content (AvgIpc) is 3.24. The van der Waals surface area contributed by atoms with Crippen molar-refractivity contribution >= 4 is 11.3 Å². The van der Waals surface area contributed by atoms with Crippen molar-refractivity contribution in [2.24, 2.45) is 0 Å². The summed E-state index contributed by atoms with van der Waals surface area (Å²) in [5, 5.41) is 13.1. The summed E-state index contributed by atoms with van der Waals surface area (Å²) in [7, 11) is 0. The van der Waals surface area contributed by atoms with Crippen LogP contribution in [0, 0.1) is 0 Å². The maximum absolute atomic E-state index is 5.70. The van der Waals surface area contributed by atoms with E-state index in [9.17, 15) is 0 Å². The summed E-state index contributed by atoms with van der Waals surface area (Å²) in [4.78, 5) is 0. The molecular weight excluding hydrogens is 286 g/mol. The van der Waals surface area contributed by atoms with Crippen molar-refractivity contribution in [1.82, 2.24) is 15.5 Å². The third-order valence-electron chi connectivity index (χ3n) is 3.07. The Hall–Kier alpha value is -1.66. The molecule has 112 valence electrons. The SMILES string of the molecule is CCCOc1ccc(Oc2nnc(CNC3CC3)s2)cc1. The second kappa shape index (κ2) is 6.87. The van der Waals surface area contributed by atoms with Gasteiger partial charge in [0.2, 0.25) is 0 Å². The van der Waals surface area contributed by atoms with Gasteiger partial charge in [0.15, 0.2) is 0 Å². The molecule has 1 aromatic heterocycles. The number of hydrogen-bond acceptors (Lipinski definition) is 6. The van der Waals surface area contributed by atoms with E-state index in [1.165, 1.54) is 24.2 Å². The van der Waals surface area contributed by atoms with Crippen LogP contribution in [0.4, 0.5) is 0 Å². The van der Waals surface area contributed by atoms with E-state index in [0.29, 0.717) is 11.2 Å². The molecule has 0 unspecified atom stereocenters. The molecule has 6 heteroatoms. The average molecular weight is 305 g/mol. The fraction of sp³-hybridized carbons (Fsp3) is 0.467. The normalized spacial score (nSPS) is 14.1. The highest BCUT2D eigenvalue weighted by Gasteiger charge is 2.20. The molecule has 1 aliphatic rings. The Balaban J connectivity index is 1.52. The molecule has 2 aromatic rings. The van der Waals surface area contributed by atoms with E-state index < -0.39 is 0 Å². The Bertz CT molecular complexity index is 567. The predicted molar refractivity (Wildman–Crippen MR) is 82.1 cm³/mol. The highest BCUT2D eigenvalue weighted by molar-refractivity contribution is 7.13. The summed E-state index contributed by atoms with van der Waals surface area (Å²) in [6, 6.07) is 8.25. The molecule has 3 rings (SSSR count). The first kappa shape index (κ1) is 14.3. The molecule has 1 N–H and O–H groups in total. The molecule has 1 aromatic carbocycles. The first-order valence-electron chi connectivity index (χ1n) is 7.30. The van der Waals surface area contributed by atoms with Crippen molar-refractivity contribution in [3.05, 3.63) is 29.3 Å². The zero-order valence-electron chi connectivity index (χ0n) is 12.0. The predicted octanol–water partition coefficient (Wildman–Crippen LogP) is 3.37. The number of nitrogens with one attached hydrogen (secondary N) is 1. The van der Waals surface area contributed by atoms with E-state index in [1.807, 2.05) is 24.3 Å². The van der Waals surface area contributed by atoms with Crippen LogP contribution in [0.25, 0.3) is 0 Å². The van der Waals surface area contributed by atoms with Crippen LogP contribution in [0.5, 0.6) is 16.7 Å². The van der Waals surface area contributed by atoms with Gasteiger partial charge in [-0.1, -0.05) is 23.4 Å². The zero-order chi connectivity index (χ0) is 14.5. The largest absolute Gasteiger partial charge is 0.494 e. The smallest absolute Gasteiger partial charge is 0.299 e. The molecule has 0 bridgehead atoms. The summed E-state index contributed by atoms with van der Waals surface area (Å²) >= 11 is 1.48. The van der Waals surface area contributed by atoms with Crippen LogP contribution in [-0.4, -0.2) is 22.8 Å². The molecule has 0 radical (unpaired) electrons. The molecule has 1 aliphatic carbocycles. The van der Waals surface area contributed by atoms with E-state index >= 15 is 0 Å². The second-order valence-electron chi connectivity index (χ2n) is 5.04. The monoisotopic (exact) mass is 305 g/mol. The van der Waals surface area contributed by atoms with E-state index in [0.717, 1.165) is 36.1 Å². The molecule has 0 atom stereocenters. The molecule has 1 saturated carbocycles. The topological polar surface area (TPSA) is 56.3 Å². The zero-order valence-corrected chi connectivity index (χ0v) is 12.9. The summed E-state index contributed by atoms with van der Waals surface area (Å²) in [6.07, 6.45) is 3.55. The van der Waals surface area contributed by atoms with Crippen molar-refractivity contribution in [2.75, 3.05) is 6.61 Å². The van der Waals surface area contributed by atoms with Crippen LogP contribution >= 0.6 is 11.3 Å². The van der Waals surface area contributed by atoms with Crippen LogP contribution in [0.3, 0.4) is 0 Å². The Morgan fingerprint density at radius 3 is 2.67 bits per heavy atom. The Morgan fingerprint density at radius 1 is 1.19 bits per heavy atom.